The SMILES string of the molecule is Cc1ccc(C(C)C)c2c1OC(C)C2=O. The van der Waals surface area contributed by atoms with Gasteiger partial charge >= 0.3 is 0 Å². The van der Waals surface area contributed by atoms with E-state index in [0.717, 1.165) is 22.4 Å². The van der Waals surface area contributed by atoms with Crippen LogP contribution in [0.4, 0.5) is 0 Å². The summed E-state index contributed by atoms with van der Waals surface area (Å²) in [5.74, 6) is 1.27. The molecule has 1 heterocycles. The van der Waals surface area contributed by atoms with Crippen molar-refractivity contribution in [2.24, 2.45) is 0 Å². The summed E-state index contributed by atoms with van der Waals surface area (Å²) in [7, 11) is 0. The number of carbonyl (C=O) groups excluding carboxylic acids is 1. The van der Waals surface area contributed by atoms with Crippen LogP contribution >= 0.6 is 0 Å². The van der Waals surface area contributed by atoms with Crippen LogP contribution in [0, 0.1) is 6.92 Å². The fraction of sp³-hybridized carbons (Fsp3) is 0.462. The molecule has 0 N–H and O–H groups in total. The number of ether oxygens (including phenoxy) is 1. The third kappa shape index (κ3) is 1.44. The smallest absolute Gasteiger partial charge is 0.207 e. The summed E-state index contributed by atoms with van der Waals surface area (Å²) in [5.41, 5.74) is 2.95. The predicted octanol–water partition coefficient (Wildman–Crippen LogP) is 3.08. The number of hydrogen-bond acceptors (Lipinski definition) is 2. The number of Topliss-reactive ketones (excluding diaryl/α,β-unsaturated/α-hetero) is 1. The maximum Gasteiger partial charge on any atom is 0.207 e. The number of benzene rings is 1. The van der Waals surface area contributed by atoms with Crippen LogP contribution in [0.15, 0.2) is 12.1 Å². The van der Waals surface area contributed by atoms with E-state index in [1.54, 1.807) is 0 Å². The Morgan fingerprint density at radius 3 is 2.60 bits per heavy atom. The van der Waals surface area contributed by atoms with E-state index >= 15 is 0 Å². The minimum atomic E-state index is -0.321. The number of aryl methyl sites for hydroxylation is 1. The van der Waals surface area contributed by atoms with E-state index in [4.69, 9.17) is 4.74 Å². The summed E-state index contributed by atoms with van der Waals surface area (Å²) in [4.78, 5) is 11.9. The Morgan fingerprint density at radius 2 is 2.00 bits per heavy atom. The number of ketones is 1. The molecule has 0 spiro atoms. The van der Waals surface area contributed by atoms with Gasteiger partial charge in [-0.25, -0.2) is 0 Å². The van der Waals surface area contributed by atoms with Crippen molar-refractivity contribution in [3.63, 3.8) is 0 Å². The third-order valence-electron chi connectivity index (χ3n) is 2.92. The van der Waals surface area contributed by atoms with Crippen molar-refractivity contribution in [1.29, 1.82) is 0 Å². The van der Waals surface area contributed by atoms with E-state index in [9.17, 15) is 4.79 Å². The van der Waals surface area contributed by atoms with Crippen LogP contribution in [0.1, 0.15) is 48.2 Å². The molecule has 0 fully saturated rings. The van der Waals surface area contributed by atoms with E-state index in [0.29, 0.717) is 5.92 Å². The lowest BCUT2D eigenvalue weighted by Gasteiger charge is -2.10. The van der Waals surface area contributed by atoms with Crippen LogP contribution in [0.3, 0.4) is 0 Å². The zero-order valence-corrected chi connectivity index (χ0v) is 9.63. The molecule has 1 aromatic carbocycles. The van der Waals surface area contributed by atoms with E-state index in [-0.39, 0.29) is 11.9 Å². The summed E-state index contributed by atoms with van der Waals surface area (Å²) in [6.07, 6.45) is -0.321. The van der Waals surface area contributed by atoms with Gasteiger partial charge in [-0.3, -0.25) is 4.79 Å². The summed E-state index contributed by atoms with van der Waals surface area (Å²) in [6, 6.07) is 4.07. The second-order valence-corrected chi connectivity index (χ2v) is 4.45. The Kier molecular flexibility index (Phi) is 2.29. The molecule has 1 aromatic rings. The highest BCUT2D eigenvalue weighted by molar-refractivity contribution is 6.06. The van der Waals surface area contributed by atoms with E-state index in [1.807, 2.05) is 26.0 Å². The van der Waals surface area contributed by atoms with Gasteiger partial charge in [-0.1, -0.05) is 26.0 Å². The molecule has 0 saturated heterocycles. The normalized spacial score (nSPS) is 19.3. The molecule has 1 unspecified atom stereocenters. The molecule has 0 saturated carbocycles. The summed E-state index contributed by atoms with van der Waals surface area (Å²) < 4.78 is 5.59. The minimum Gasteiger partial charge on any atom is -0.482 e. The van der Waals surface area contributed by atoms with Crippen molar-refractivity contribution in [2.45, 2.75) is 39.7 Å². The first-order valence-corrected chi connectivity index (χ1v) is 5.36. The highest BCUT2D eigenvalue weighted by Gasteiger charge is 2.32. The second-order valence-electron chi connectivity index (χ2n) is 4.45. The molecule has 0 aromatic heterocycles. The van der Waals surface area contributed by atoms with Crippen LogP contribution in [-0.2, 0) is 0 Å². The number of fused-ring (bicyclic) bond motifs is 1. The summed E-state index contributed by atoms with van der Waals surface area (Å²) >= 11 is 0. The first-order valence-electron chi connectivity index (χ1n) is 5.36. The molecule has 2 heteroatoms. The van der Waals surface area contributed by atoms with E-state index in [2.05, 4.69) is 13.8 Å². The Labute approximate surface area is 90.3 Å². The average Bonchev–Trinajstić information content (AvgIpc) is 2.46. The molecule has 0 aliphatic carbocycles. The molecule has 2 nitrogen and oxygen atoms in total. The number of carbonyl (C=O) groups is 1. The number of rotatable bonds is 1. The lowest BCUT2D eigenvalue weighted by Crippen LogP contribution is -2.15. The van der Waals surface area contributed by atoms with Crippen molar-refractivity contribution in [1.82, 2.24) is 0 Å². The van der Waals surface area contributed by atoms with Crippen molar-refractivity contribution in [2.75, 3.05) is 0 Å². The fourth-order valence-corrected chi connectivity index (χ4v) is 2.02. The van der Waals surface area contributed by atoms with Gasteiger partial charge in [0.15, 0.2) is 6.10 Å². The molecule has 15 heavy (non-hydrogen) atoms. The van der Waals surface area contributed by atoms with Crippen molar-refractivity contribution < 1.29 is 9.53 Å². The molecule has 80 valence electrons. The first kappa shape index (κ1) is 10.2. The first-order chi connectivity index (χ1) is 7.02. The van der Waals surface area contributed by atoms with E-state index < -0.39 is 0 Å². The standard InChI is InChI=1S/C13H16O2/c1-7(2)10-6-5-8(3)13-11(10)12(14)9(4)15-13/h5-7,9H,1-4H3. The van der Waals surface area contributed by atoms with Crippen LogP contribution in [0.5, 0.6) is 5.75 Å². The Bertz CT molecular complexity index is 419. The minimum absolute atomic E-state index is 0.123. The highest BCUT2D eigenvalue weighted by Crippen LogP contribution is 2.37. The fourth-order valence-electron chi connectivity index (χ4n) is 2.02. The maximum atomic E-state index is 11.9. The van der Waals surface area contributed by atoms with Crippen molar-refractivity contribution >= 4 is 5.78 Å². The van der Waals surface area contributed by atoms with Crippen LogP contribution in [0.2, 0.25) is 0 Å². The van der Waals surface area contributed by atoms with Gasteiger partial charge in [0, 0.05) is 0 Å². The van der Waals surface area contributed by atoms with Gasteiger partial charge in [0.05, 0.1) is 5.56 Å². The molecule has 1 aliphatic rings. The third-order valence-corrected chi connectivity index (χ3v) is 2.92. The van der Waals surface area contributed by atoms with Gasteiger partial charge in [0.25, 0.3) is 0 Å². The topological polar surface area (TPSA) is 26.3 Å². The summed E-state index contributed by atoms with van der Waals surface area (Å²) in [5, 5.41) is 0. The van der Waals surface area contributed by atoms with Crippen LogP contribution in [0.25, 0.3) is 0 Å². The zero-order valence-electron chi connectivity index (χ0n) is 9.63. The van der Waals surface area contributed by atoms with Gasteiger partial charge < -0.3 is 4.74 Å². The average molecular weight is 204 g/mol. The number of hydrogen-bond donors (Lipinski definition) is 0. The molecule has 1 atom stereocenters. The van der Waals surface area contributed by atoms with Gasteiger partial charge in [-0.15, -0.1) is 0 Å². The van der Waals surface area contributed by atoms with Gasteiger partial charge in [-0.05, 0) is 30.9 Å². The molecule has 2 rings (SSSR count). The Balaban J connectivity index is 2.66. The molecular weight excluding hydrogens is 188 g/mol. The highest BCUT2D eigenvalue weighted by atomic mass is 16.5. The van der Waals surface area contributed by atoms with E-state index in [1.165, 1.54) is 0 Å². The quantitative estimate of drug-likeness (QED) is 0.702. The molecule has 0 bridgehead atoms. The predicted molar refractivity (Wildman–Crippen MR) is 59.7 cm³/mol. The molecule has 0 amide bonds. The van der Waals surface area contributed by atoms with Gasteiger partial charge in [0.1, 0.15) is 5.75 Å². The van der Waals surface area contributed by atoms with Crippen LogP contribution < -0.4 is 4.74 Å². The lowest BCUT2D eigenvalue weighted by atomic mass is 9.92. The molecule has 0 radical (unpaired) electrons. The maximum absolute atomic E-state index is 11.9. The van der Waals surface area contributed by atoms with Gasteiger partial charge in [-0.2, -0.15) is 0 Å². The van der Waals surface area contributed by atoms with Gasteiger partial charge in [0.2, 0.25) is 5.78 Å². The molecular formula is C13H16O2. The Hall–Kier alpha value is -1.31. The second kappa shape index (κ2) is 3.37. The zero-order chi connectivity index (χ0) is 11.2. The lowest BCUT2D eigenvalue weighted by molar-refractivity contribution is 0.0877. The molecule has 1 aliphatic heterocycles. The van der Waals surface area contributed by atoms with Crippen LogP contribution in [-0.4, -0.2) is 11.9 Å². The Morgan fingerprint density at radius 1 is 1.33 bits per heavy atom. The monoisotopic (exact) mass is 204 g/mol. The van der Waals surface area contributed by atoms with Crippen molar-refractivity contribution in [3.8, 4) is 5.75 Å². The van der Waals surface area contributed by atoms with Crippen molar-refractivity contribution in [3.05, 3.63) is 28.8 Å². The largest absolute Gasteiger partial charge is 0.482 e. The summed E-state index contributed by atoms with van der Waals surface area (Å²) in [6.45, 7) is 7.99.